The molecular formula is C17H14F3NO3S2. The molecule has 0 amide bonds. The Hall–Kier alpha value is -1.89. The maximum Gasteiger partial charge on any atom is 0.421 e. The van der Waals surface area contributed by atoms with Crippen molar-refractivity contribution in [2.24, 2.45) is 0 Å². The van der Waals surface area contributed by atoms with Gasteiger partial charge in [-0.15, -0.1) is 11.3 Å². The highest BCUT2D eigenvalue weighted by atomic mass is 32.2. The lowest BCUT2D eigenvalue weighted by molar-refractivity contribution is -0.258. The van der Waals surface area contributed by atoms with Crippen LogP contribution < -0.4 is 0 Å². The summed E-state index contributed by atoms with van der Waals surface area (Å²) >= 11 is 0.865. The number of sulfone groups is 1. The minimum Gasteiger partial charge on any atom is -0.376 e. The van der Waals surface area contributed by atoms with Crippen LogP contribution in [-0.4, -0.2) is 19.7 Å². The van der Waals surface area contributed by atoms with Crippen molar-refractivity contribution in [2.45, 2.75) is 46.6 Å². The molecule has 1 aromatic heterocycles. The molecule has 0 aliphatic heterocycles. The Balaban J connectivity index is 2.02. The van der Waals surface area contributed by atoms with Gasteiger partial charge in [-0.3, -0.25) is 0 Å². The number of nitrogens with zero attached hydrogens (tertiary/aromatic N) is 1. The van der Waals surface area contributed by atoms with E-state index in [2.05, 4.69) is 0 Å². The molecule has 0 spiro atoms. The van der Waals surface area contributed by atoms with Crippen molar-refractivity contribution < 1.29 is 26.7 Å². The number of benzene rings is 1. The van der Waals surface area contributed by atoms with Crippen LogP contribution in [0.15, 0.2) is 39.4 Å². The molecule has 1 aromatic carbocycles. The third-order valence-electron chi connectivity index (χ3n) is 4.38. The van der Waals surface area contributed by atoms with E-state index in [1.54, 1.807) is 6.07 Å². The molecule has 1 unspecified atom stereocenters. The Morgan fingerprint density at radius 3 is 2.27 bits per heavy atom. The van der Waals surface area contributed by atoms with Crippen LogP contribution in [0.4, 0.5) is 13.2 Å². The molecule has 9 heteroatoms. The van der Waals surface area contributed by atoms with Crippen molar-refractivity contribution >= 4 is 21.2 Å². The molecule has 1 N–H and O–H groups in total. The topological polar surface area (TPSA) is 78.2 Å². The minimum absolute atomic E-state index is 0.0619. The Morgan fingerprint density at radius 2 is 1.81 bits per heavy atom. The molecule has 1 fully saturated rings. The second kappa shape index (κ2) is 6.08. The molecule has 26 heavy (non-hydrogen) atoms. The number of nitriles is 1. The van der Waals surface area contributed by atoms with E-state index >= 15 is 0 Å². The summed E-state index contributed by atoms with van der Waals surface area (Å²) in [5, 5.41) is 18.7. The van der Waals surface area contributed by atoms with E-state index in [1.165, 1.54) is 0 Å². The van der Waals surface area contributed by atoms with Gasteiger partial charge in [-0.2, -0.15) is 18.4 Å². The van der Waals surface area contributed by atoms with Crippen molar-refractivity contribution in [1.29, 1.82) is 5.26 Å². The van der Waals surface area contributed by atoms with Gasteiger partial charge >= 0.3 is 6.18 Å². The zero-order chi connectivity index (χ0) is 19.3. The molecule has 1 aliphatic rings. The number of thiophene rings is 1. The molecule has 4 nitrogen and oxygen atoms in total. The second-order valence-electron chi connectivity index (χ2n) is 6.34. The van der Waals surface area contributed by atoms with Crippen LogP contribution in [-0.2, 0) is 15.4 Å². The van der Waals surface area contributed by atoms with Crippen LogP contribution >= 0.6 is 11.3 Å². The summed E-state index contributed by atoms with van der Waals surface area (Å²) in [5.74, 6) is 0.100. The number of rotatable bonds is 4. The van der Waals surface area contributed by atoms with Crippen molar-refractivity contribution in [1.82, 2.24) is 0 Å². The van der Waals surface area contributed by atoms with Gasteiger partial charge < -0.3 is 5.11 Å². The highest BCUT2D eigenvalue weighted by Crippen LogP contribution is 2.47. The monoisotopic (exact) mass is 401 g/mol. The molecule has 0 saturated heterocycles. The van der Waals surface area contributed by atoms with Gasteiger partial charge in [0.25, 0.3) is 0 Å². The molecular weight excluding hydrogens is 387 g/mol. The van der Waals surface area contributed by atoms with Crippen LogP contribution in [0.2, 0.25) is 0 Å². The Bertz CT molecular complexity index is 980. The van der Waals surface area contributed by atoms with Crippen LogP contribution in [0.5, 0.6) is 0 Å². The van der Waals surface area contributed by atoms with Gasteiger partial charge in [0.05, 0.1) is 4.90 Å². The molecule has 2 aromatic rings. The third-order valence-corrected chi connectivity index (χ3v) is 7.75. The van der Waals surface area contributed by atoms with E-state index in [1.807, 2.05) is 6.07 Å². The Labute approximate surface area is 152 Å². The summed E-state index contributed by atoms with van der Waals surface area (Å²) < 4.78 is 64.6. The molecule has 1 heterocycles. The second-order valence-corrected chi connectivity index (χ2v) is 9.53. The lowest BCUT2D eigenvalue weighted by Gasteiger charge is -2.26. The SMILES string of the molecule is CC(O)(c1ccc(S(=O)(=O)c2sc(C#N)cc2C2CC2)cc1)C(F)(F)F. The van der Waals surface area contributed by atoms with E-state index in [9.17, 15) is 26.7 Å². The molecule has 1 atom stereocenters. The smallest absolute Gasteiger partial charge is 0.376 e. The third kappa shape index (κ3) is 3.13. The minimum atomic E-state index is -4.89. The molecule has 0 bridgehead atoms. The van der Waals surface area contributed by atoms with E-state index in [0.29, 0.717) is 12.5 Å². The van der Waals surface area contributed by atoms with Crippen molar-refractivity contribution in [2.75, 3.05) is 0 Å². The predicted octanol–water partition coefficient (Wildman–Crippen LogP) is 4.10. The summed E-state index contributed by atoms with van der Waals surface area (Å²) in [6.45, 7) is 0.611. The Kier molecular flexibility index (Phi) is 4.42. The lowest BCUT2D eigenvalue weighted by Crippen LogP contribution is -2.39. The normalized spacial score (nSPS) is 17.5. The van der Waals surface area contributed by atoms with Gasteiger partial charge in [0, 0.05) is 0 Å². The van der Waals surface area contributed by atoms with E-state index < -0.39 is 27.2 Å². The number of halogens is 3. The first-order chi connectivity index (χ1) is 12.0. The zero-order valence-corrected chi connectivity index (χ0v) is 15.2. The standard InChI is InChI=1S/C17H14F3NO3S2/c1-16(22,17(18,19)20)11-4-6-13(7-5-11)26(23,24)15-14(10-2-3-10)8-12(9-21)25-15/h4-8,10,22H,2-3H2,1H3. The van der Waals surface area contributed by atoms with Crippen LogP contribution in [0.1, 0.15) is 41.7 Å². The molecule has 138 valence electrons. The van der Waals surface area contributed by atoms with E-state index in [-0.39, 0.29) is 19.9 Å². The summed E-state index contributed by atoms with van der Waals surface area (Å²) in [4.78, 5) is 0.106. The number of hydrogen-bond acceptors (Lipinski definition) is 5. The fourth-order valence-electron chi connectivity index (χ4n) is 2.56. The molecule has 3 rings (SSSR count). The summed E-state index contributed by atoms with van der Waals surface area (Å²) in [6.07, 6.45) is -3.20. The Morgan fingerprint density at radius 1 is 1.23 bits per heavy atom. The van der Waals surface area contributed by atoms with Crippen LogP contribution in [0.3, 0.4) is 0 Å². The summed E-state index contributed by atoms with van der Waals surface area (Å²) in [6, 6.07) is 7.51. The first kappa shape index (κ1) is 18.9. The highest BCUT2D eigenvalue weighted by molar-refractivity contribution is 7.93. The largest absolute Gasteiger partial charge is 0.421 e. The van der Waals surface area contributed by atoms with Gasteiger partial charge in [-0.05, 0) is 55.0 Å². The number of hydrogen-bond donors (Lipinski definition) is 1. The van der Waals surface area contributed by atoms with Gasteiger partial charge in [0.15, 0.2) is 5.60 Å². The number of aliphatic hydroxyl groups is 1. The maximum atomic E-state index is 12.9. The van der Waals surface area contributed by atoms with E-state index in [4.69, 9.17) is 5.26 Å². The molecule has 0 radical (unpaired) electrons. The zero-order valence-electron chi connectivity index (χ0n) is 13.5. The van der Waals surface area contributed by atoms with Gasteiger partial charge in [-0.1, -0.05) is 12.1 Å². The van der Waals surface area contributed by atoms with Gasteiger partial charge in [0.1, 0.15) is 15.2 Å². The number of alkyl halides is 3. The first-order valence-electron chi connectivity index (χ1n) is 7.67. The van der Waals surface area contributed by atoms with Gasteiger partial charge in [-0.25, -0.2) is 8.42 Å². The van der Waals surface area contributed by atoms with Crippen molar-refractivity contribution in [3.05, 3.63) is 46.3 Å². The summed E-state index contributed by atoms with van der Waals surface area (Å²) in [5.41, 5.74) is -2.93. The van der Waals surface area contributed by atoms with Gasteiger partial charge in [0.2, 0.25) is 9.84 Å². The van der Waals surface area contributed by atoms with Crippen molar-refractivity contribution in [3.63, 3.8) is 0 Å². The lowest BCUT2D eigenvalue weighted by atomic mass is 9.96. The first-order valence-corrected chi connectivity index (χ1v) is 9.97. The fourth-order valence-corrected chi connectivity index (χ4v) is 5.58. The average molecular weight is 401 g/mol. The fraction of sp³-hybridized carbons (Fsp3) is 0.353. The maximum absolute atomic E-state index is 12.9. The quantitative estimate of drug-likeness (QED) is 0.837. The molecule has 1 aliphatic carbocycles. The van der Waals surface area contributed by atoms with Crippen molar-refractivity contribution in [3.8, 4) is 6.07 Å². The highest BCUT2D eigenvalue weighted by Gasteiger charge is 2.51. The predicted molar refractivity (Wildman–Crippen MR) is 88.5 cm³/mol. The van der Waals surface area contributed by atoms with Crippen LogP contribution in [0.25, 0.3) is 0 Å². The molecule has 1 saturated carbocycles. The summed E-state index contributed by atoms with van der Waals surface area (Å²) in [7, 11) is -3.96. The van der Waals surface area contributed by atoms with Crippen LogP contribution in [0, 0.1) is 11.3 Å². The average Bonchev–Trinajstić information content (AvgIpc) is 3.32. The van der Waals surface area contributed by atoms with E-state index in [0.717, 1.165) is 48.4 Å².